The zero-order valence-corrected chi connectivity index (χ0v) is 16.8. The third-order valence-electron chi connectivity index (χ3n) is 5.37. The van der Waals surface area contributed by atoms with Gasteiger partial charge < -0.3 is 20.4 Å². The molecule has 1 unspecified atom stereocenters. The van der Waals surface area contributed by atoms with Crippen LogP contribution in [0.1, 0.15) is 18.5 Å². The average molecular weight is 397 g/mol. The zero-order valence-electron chi connectivity index (χ0n) is 16.8. The Bertz CT molecular complexity index is 1020. The van der Waals surface area contributed by atoms with Crippen LogP contribution >= 0.6 is 0 Å². The number of benzene rings is 1. The van der Waals surface area contributed by atoms with Crippen molar-refractivity contribution in [1.29, 1.82) is 0 Å². The lowest BCUT2D eigenvalue weighted by Gasteiger charge is -2.35. The van der Waals surface area contributed by atoms with E-state index in [1.807, 2.05) is 37.3 Å². The predicted octanol–water partition coefficient (Wildman–Crippen LogP) is 0.937. The SMILES string of the molecule is CCOc1nc(N)c2[nH]c(=O)n(C(CN3CCN(C)CC3)c3ccccc3)c2n1. The Morgan fingerprint density at radius 3 is 2.59 bits per heavy atom. The van der Waals surface area contributed by atoms with Crippen LogP contribution in [0.25, 0.3) is 11.2 Å². The Labute approximate surface area is 169 Å². The maximum absolute atomic E-state index is 13.0. The van der Waals surface area contributed by atoms with E-state index >= 15 is 0 Å². The van der Waals surface area contributed by atoms with Gasteiger partial charge in [0, 0.05) is 32.7 Å². The molecule has 0 saturated carbocycles. The van der Waals surface area contributed by atoms with Crippen molar-refractivity contribution >= 4 is 17.0 Å². The lowest BCUT2D eigenvalue weighted by molar-refractivity contribution is 0.143. The normalized spacial score (nSPS) is 16.9. The van der Waals surface area contributed by atoms with Crippen molar-refractivity contribution in [2.24, 2.45) is 0 Å². The van der Waals surface area contributed by atoms with E-state index in [1.54, 1.807) is 4.57 Å². The van der Waals surface area contributed by atoms with Gasteiger partial charge in [-0.1, -0.05) is 30.3 Å². The molecule has 1 fully saturated rings. The maximum Gasteiger partial charge on any atom is 0.328 e. The van der Waals surface area contributed by atoms with E-state index in [9.17, 15) is 4.79 Å². The molecule has 1 aromatic carbocycles. The molecule has 2 aromatic heterocycles. The number of aromatic nitrogens is 4. The number of aromatic amines is 1. The summed E-state index contributed by atoms with van der Waals surface area (Å²) in [7, 11) is 2.13. The number of imidazole rings is 1. The fourth-order valence-corrected chi connectivity index (χ4v) is 3.77. The molecule has 154 valence electrons. The van der Waals surface area contributed by atoms with Crippen molar-refractivity contribution < 1.29 is 4.74 Å². The van der Waals surface area contributed by atoms with E-state index in [0.717, 1.165) is 31.7 Å². The molecule has 1 aliphatic heterocycles. The molecule has 3 aromatic rings. The quantitative estimate of drug-likeness (QED) is 0.638. The third kappa shape index (κ3) is 3.96. The van der Waals surface area contributed by atoms with Gasteiger partial charge in [0.15, 0.2) is 11.5 Å². The van der Waals surface area contributed by atoms with Gasteiger partial charge in [0.25, 0.3) is 0 Å². The molecule has 0 aliphatic carbocycles. The van der Waals surface area contributed by atoms with Gasteiger partial charge in [-0.3, -0.25) is 9.47 Å². The fraction of sp³-hybridized carbons (Fsp3) is 0.450. The lowest BCUT2D eigenvalue weighted by Crippen LogP contribution is -2.47. The highest BCUT2D eigenvalue weighted by Crippen LogP contribution is 2.25. The first-order chi connectivity index (χ1) is 14.1. The molecule has 9 heteroatoms. The van der Waals surface area contributed by atoms with Crippen molar-refractivity contribution in [3.63, 3.8) is 0 Å². The number of rotatable bonds is 6. The molecule has 1 atom stereocenters. The number of hydrogen-bond donors (Lipinski definition) is 2. The van der Waals surface area contributed by atoms with Gasteiger partial charge in [-0.15, -0.1) is 0 Å². The average Bonchev–Trinajstić information content (AvgIpc) is 3.05. The van der Waals surface area contributed by atoms with E-state index in [1.165, 1.54) is 0 Å². The highest BCUT2D eigenvalue weighted by Gasteiger charge is 2.26. The predicted molar refractivity (Wildman–Crippen MR) is 112 cm³/mol. The topological polar surface area (TPSA) is 105 Å². The largest absolute Gasteiger partial charge is 0.464 e. The summed E-state index contributed by atoms with van der Waals surface area (Å²) in [6.07, 6.45) is 0. The Balaban J connectivity index is 1.80. The zero-order chi connectivity index (χ0) is 20.4. The highest BCUT2D eigenvalue weighted by atomic mass is 16.5. The number of likely N-dealkylation sites (N-methyl/N-ethyl adjacent to an activating group) is 1. The first kappa shape index (κ1) is 19.4. The summed E-state index contributed by atoms with van der Waals surface area (Å²) in [4.78, 5) is 29.2. The number of fused-ring (bicyclic) bond motifs is 1. The van der Waals surface area contributed by atoms with Crippen molar-refractivity contribution in [3.05, 3.63) is 46.4 Å². The van der Waals surface area contributed by atoms with Gasteiger partial charge in [0.1, 0.15) is 5.52 Å². The van der Waals surface area contributed by atoms with E-state index in [-0.39, 0.29) is 23.6 Å². The van der Waals surface area contributed by atoms with Crippen LogP contribution in [0, 0.1) is 0 Å². The first-order valence-electron chi connectivity index (χ1n) is 9.93. The molecule has 0 bridgehead atoms. The number of hydrogen-bond acceptors (Lipinski definition) is 7. The van der Waals surface area contributed by atoms with Crippen molar-refractivity contribution in [1.82, 2.24) is 29.3 Å². The summed E-state index contributed by atoms with van der Waals surface area (Å²) in [6, 6.07) is 10.0. The monoisotopic (exact) mass is 397 g/mol. The summed E-state index contributed by atoms with van der Waals surface area (Å²) in [6.45, 7) is 6.91. The minimum atomic E-state index is -0.252. The second-order valence-corrected chi connectivity index (χ2v) is 7.35. The number of anilines is 1. The second-order valence-electron chi connectivity index (χ2n) is 7.35. The molecule has 0 radical (unpaired) electrons. The van der Waals surface area contributed by atoms with Crippen LogP contribution in [0.4, 0.5) is 5.82 Å². The van der Waals surface area contributed by atoms with Crippen LogP contribution in [0.15, 0.2) is 35.1 Å². The number of nitrogens with two attached hydrogens (primary N) is 1. The summed E-state index contributed by atoms with van der Waals surface area (Å²) >= 11 is 0. The molecule has 9 nitrogen and oxygen atoms in total. The van der Waals surface area contributed by atoms with E-state index in [4.69, 9.17) is 10.5 Å². The van der Waals surface area contributed by atoms with E-state index in [2.05, 4.69) is 31.8 Å². The molecule has 0 spiro atoms. The Kier molecular flexibility index (Phi) is 5.50. The van der Waals surface area contributed by atoms with Gasteiger partial charge >= 0.3 is 11.7 Å². The third-order valence-corrected chi connectivity index (χ3v) is 5.37. The molecule has 29 heavy (non-hydrogen) atoms. The van der Waals surface area contributed by atoms with Crippen LogP contribution in [-0.4, -0.2) is 75.7 Å². The first-order valence-corrected chi connectivity index (χ1v) is 9.93. The Morgan fingerprint density at radius 2 is 1.90 bits per heavy atom. The van der Waals surface area contributed by atoms with Crippen LogP contribution in [0.2, 0.25) is 0 Å². The van der Waals surface area contributed by atoms with Gasteiger partial charge in [0.05, 0.1) is 12.6 Å². The van der Waals surface area contributed by atoms with Crippen molar-refractivity contribution in [2.75, 3.05) is 52.1 Å². The molecule has 3 heterocycles. The van der Waals surface area contributed by atoms with Gasteiger partial charge in [0.2, 0.25) is 0 Å². The molecule has 1 aliphatic rings. The highest BCUT2D eigenvalue weighted by molar-refractivity contribution is 5.82. The van der Waals surface area contributed by atoms with Crippen LogP contribution in [-0.2, 0) is 0 Å². The van der Waals surface area contributed by atoms with Gasteiger partial charge in [-0.05, 0) is 19.5 Å². The van der Waals surface area contributed by atoms with Crippen molar-refractivity contribution in [2.45, 2.75) is 13.0 Å². The summed E-state index contributed by atoms with van der Waals surface area (Å²) in [5.41, 5.74) is 7.78. The number of nitrogens with zero attached hydrogens (tertiary/aromatic N) is 5. The molecular formula is C20H27N7O2. The number of nitrogen functional groups attached to an aromatic ring is 1. The summed E-state index contributed by atoms with van der Waals surface area (Å²) < 4.78 is 7.14. The number of piperazine rings is 1. The summed E-state index contributed by atoms with van der Waals surface area (Å²) in [5, 5.41) is 0. The van der Waals surface area contributed by atoms with Crippen LogP contribution in [0.3, 0.4) is 0 Å². The van der Waals surface area contributed by atoms with Crippen LogP contribution in [0.5, 0.6) is 6.01 Å². The van der Waals surface area contributed by atoms with E-state index < -0.39 is 0 Å². The molecular weight excluding hydrogens is 370 g/mol. The fourth-order valence-electron chi connectivity index (χ4n) is 3.77. The smallest absolute Gasteiger partial charge is 0.328 e. The lowest BCUT2D eigenvalue weighted by atomic mass is 10.1. The van der Waals surface area contributed by atoms with E-state index in [0.29, 0.717) is 24.3 Å². The molecule has 4 rings (SSSR count). The molecule has 3 N–H and O–H groups in total. The summed E-state index contributed by atoms with van der Waals surface area (Å²) in [5.74, 6) is 0.209. The minimum Gasteiger partial charge on any atom is -0.464 e. The van der Waals surface area contributed by atoms with Gasteiger partial charge in [-0.25, -0.2) is 4.79 Å². The molecule has 1 saturated heterocycles. The van der Waals surface area contributed by atoms with Crippen LogP contribution < -0.4 is 16.2 Å². The van der Waals surface area contributed by atoms with Gasteiger partial charge in [-0.2, -0.15) is 9.97 Å². The number of H-pyrrole nitrogens is 1. The minimum absolute atomic E-state index is 0.177. The molecule has 0 amide bonds. The van der Waals surface area contributed by atoms with Crippen molar-refractivity contribution in [3.8, 4) is 6.01 Å². The Hall–Kier alpha value is -2.91. The number of ether oxygens (including phenoxy) is 1. The number of nitrogens with one attached hydrogen (secondary N) is 1. The Morgan fingerprint density at radius 1 is 1.17 bits per heavy atom. The standard InChI is InChI=1S/C20H27N7O2/c1-3-29-19-23-17(21)16-18(24-19)27(20(28)22-16)15(14-7-5-4-6-8-14)13-26-11-9-25(2)10-12-26/h4-8,15H,3,9-13H2,1-2H3,(H,22,28)(H2,21,23,24). The second kappa shape index (κ2) is 8.22. The maximum atomic E-state index is 13.0.